The van der Waals surface area contributed by atoms with Crippen molar-refractivity contribution in [3.8, 4) is 0 Å². The first-order valence-corrected chi connectivity index (χ1v) is 7.02. The molecule has 1 aliphatic heterocycles. The van der Waals surface area contributed by atoms with Gasteiger partial charge in [0.15, 0.2) is 0 Å². The highest BCUT2D eigenvalue weighted by atomic mass is 16.6. The molecule has 0 unspecified atom stereocenters. The molecule has 2 rings (SSSR count). The summed E-state index contributed by atoms with van der Waals surface area (Å²) in [6.45, 7) is 3.85. The topological polar surface area (TPSA) is 86.9 Å². The Morgan fingerprint density at radius 2 is 1.95 bits per heavy atom. The van der Waals surface area contributed by atoms with Gasteiger partial charge in [0.1, 0.15) is 0 Å². The number of rotatable bonds is 4. The third kappa shape index (κ3) is 3.42. The van der Waals surface area contributed by atoms with Crippen LogP contribution in [0.3, 0.4) is 0 Å². The fourth-order valence-corrected chi connectivity index (χ4v) is 2.77. The van der Waals surface area contributed by atoms with Crippen molar-refractivity contribution in [1.29, 1.82) is 0 Å². The molecule has 0 bridgehead atoms. The molecule has 0 aliphatic carbocycles. The number of hydrogen-bond donors (Lipinski definition) is 1. The molecule has 7 heteroatoms. The molecule has 1 fully saturated rings. The average molecular weight is 293 g/mol. The number of piperidine rings is 1. The Hall–Kier alpha value is -2.31. The van der Waals surface area contributed by atoms with E-state index < -0.39 is 11.0 Å². The first-order valence-electron chi connectivity index (χ1n) is 7.02. The van der Waals surface area contributed by atoms with E-state index in [1.165, 1.54) is 17.0 Å². The van der Waals surface area contributed by atoms with Crippen molar-refractivity contribution in [1.82, 2.24) is 4.90 Å². The molecule has 1 aliphatic rings. The number of non-ortho nitro benzene ring substituents is 1. The second-order valence-electron chi connectivity index (χ2n) is 5.06. The van der Waals surface area contributed by atoms with E-state index in [4.69, 9.17) is 5.11 Å². The minimum atomic E-state index is -0.869. The van der Waals surface area contributed by atoms with Gasteiger partial charge in [-0.25, -0.2) is 4.79 Å². The largest absolute Gasteiger partial charge is 0.465 e. The molecule has 0 aromatic heterocycles. The number of anilines is 1. The van der Waals surface area contributed by atoms with E-state index in [9.17, 15) is 14.9 Å². The van der Waals surface area contributed by atoms with Gasteiger partial charge in [0.25, 0.3) is 5.69 Å². The Balaban J connectivity index is 1.97. The smallest absolute Gasteiger partial charge is 0.407 e. The normalized spacial score (nSPS) is 15.8. The second-order valence-corrected chi connectivity index (χ2v) is 5.06. The maximum absolute atomic E-state index is 11.1. The molecule has 0 atom stereocenters. The number of amides is 1. The highest BCUT2D eigenvalue weighted by Gasteiger charge is 2.26. The maximum Gasteiger partial charge on any atom is 0.407 e. The van der Waals surface area contributed by atoms with E-state index in [0.717, 1.165) is 31.6 Å². The minimum Gasteiger partial charge on any atom is -0.465 e. The first kappa shape index (κ1) is 15.1. The predicted octanol–water partition coefficient (Wildman–Crippen LogP) is 2.56. The van der Waals surface area contributed by atoms with Crippen LogP contribution < -0.4 is 4.90 Å². The second kappa shape index (κ2) is 6.43. The number of carbonyl (C=O) groups is 1. The number of benzene rings is 1. The van der Waals surface area contributed by atoms with Gasteiger partial charge in [0.2, 0.25) is 0 Å². The Labute approximate surface area is 122 Å². The molecular weight excluding hydrogens is 274 g/mol. The lowest BCUT2D eigenvalue weighted by molar-refractivity contribution is -0.384. The van der Waals surface area contributed by atoms with Crippen molar-refractivity contribution in [2.75, 3.05) is 24.5 Å². The molecule has 1 saturated heterocycles. The Morgan fingerprint density at radius 3 is 2.38 bits per heavy atom. The van der Waals surface area contributed by atoms with Gasteiger partial charge in [-0.05, 0) is 31.9 Å². The lowest BCUT2D eigenvalue weighted by Gasteiger charge is -2.37. The molecule has 0 radical (unpaired) electrons. The van der Waals surface area contributed by atoms with Gasteiger partial charge in [-0.1, -0.05) is 0 Å². The zero-order valence-electron chi connectivity index (χ0n) is 11.9. The van der Waals surface area contributed by atoms with Gasteiger partial charge < -0.3 is 14.9 Å². The summed E-state index contributed by atoms with van der Waals surface area (Å²) >= 11 is 0. The van der Waals surface area contributed by atoms with Crippen LogP contribution in [0.2, 0.25) is 0 Å². The molecule has 1 heterocycles. The Morgan fingerprint density at radius 1 is 1.38 bits per heavy atom. The predicted molar refractivity (Wildman–Crippen MR) is 78.7 cm³/mol. The molecule has 114 valence electrons. The molecule has 21 heavy (non-hydrogen) atoms. The Kier molecular flexibility index (Phi) is 4.62. The molecule has 0 saturated carbocycles. The van der Waals surface area contributed by atoms with Gasteiger partial charge >= 0.3 is 6.09 Å². The molecular formula is C14H19N3O4. The van der Waals surface area contributed by atoms with Gasteiger partial charge in [0, 0.05) is 43.5 Å². The van der Waals surface area contributed by atoms with Crippen LogP contribution in [0.25, 0.3) is 0 Å². The molecule has 7 nitrogen and oxygen atoms in total. The van der Waals surface area contributed by atoms with Crippen LogP contribution in [0, 0.1) is 10.1 Å². The molecule has 0 spiro atoms. The lowest BCUT2D eigenvalue weighted by atomic mass is 10.0. The summed E-state index contributed by atoms with van der Waals surface area (Å²) in [5.74, 6) is 0. The zero-order valence-corrected chi connectivity index (χ0v) is 11.9. The van der Waals surface area contributed by atoms with Crippen LogP contribution in [0.1, 0.15) is 19.8 Å². The fourth-order valence-electron chi connectivity index (χ4n) is 2.77. The molecule has 1 aromatic rings. The number of carboxylic acid groups (broad SMARTS) is 1. The third-order valence-electron chi connectivity index (χ3n) is 3.92. The van der Waals surface area contributed by atoms with E-state index in [2.05, 4.69) is 4.90 Å². The average Bonchev–Trinajstić information content (AvgIpc) is 2.48. The first-order chi connectivity index (χ1) is 10.0. The van der Waals surface area contributed by atoms with Gasteiger partial charge in [0.05, 0.1) is 4.92 Å². The van der Waals surface area contributed by atoms with Gasteiger partial charge in [-0.3, -0.25) is 10.1 Å². The van der Waals surface area contributed by atoms with Gasteiger partial charge in [-0.15, -0.1) is 0 Å². The van der Waals surface area contributed by atoms with Crippen molar-refractivity contribution >= 4 is 17.5 Å². The van der Waals surface area contributed by atoms with Crippen LogP contribution in [0.5, 0.6) is 0 Å². The summed E-state index contributed by atoms with van der Waals surface area (Å²) < 4.78 is 0. The third-order valence-corrected chi connectivity index (χ3v) is 3.92. The highest BCUT2D eigenvalue weighted by Crippen LogP contribution is 2.24. The summed E-state index contributed by atoms with van der Waals surface area (Å²) in [5.41, 5.74) is 1.02. The van der Waals surface area contributed by atoms with Crippen LogP contribution in [-0.4, -0.2) is 46.7 Å². The van der Waals surface area contributed by atoms with Crippen molar-refractivity contribution in [2.45, 2.75) is 25.8 Å². The van der Waals surface area contributed by atoms with E-state index in [1.807, 2.05) is 6.92 Å². The van der Waals surface area contributed by atoms with E-state index in [1.54, 1.807) is 12.1 Å². The minimum absolute atomic E-state index is 0.0572. The van der Waals surface area contributed by atoms with Crippen molar-refractivity contribution < 1.29 is 14.8 Å². The lowest BCUT2D eigenvalue weighted by Crippen LogP contribution is -2.47. The number of nitrogens with zero attached hydrogens (tertiary/aromatic N) is 3. The van der Waals surface area contributed by atoms with Crippen LogP contribution in [0.4, 0.5) is 16.2 Å². The van der Waals surface area contributed by atoms with Crippen molar-refractivity contribution in [3.63, 3.8) is 0 Å². The van der Waals surface area contributed by atoms with Gasteiger partial charge in [-0.2, -0.15) is 0 Å². The molecule has 1 aromatic carbocycles. The van der Waals surface area contributed by atoms with E-state index in [0.29, 0.717) is 6.54 Å². The standard InChI is InChI=1S/C14H19N3O4/c1-2-16(14(18)19)12-7-9-15(10-8-12)11-3-5-13(6-4-11)17(20)21/h3-6,12H,2,7-10H2,1H3,(H,18,19). The number of hydrogen-bond acceptors (Lipinski definition) is 4. The van der Waals surface area contributed by atoms with Crippen LogP contribution >= 0.6 is 0 Å². The van der Waals surface area contributed by atoms with Crippen LogP contribution in [0.15, 0.2) is 24.3 Å². The fraction of sp³-hybridized carbons (Fsp3) is 0.500. The van der Waals surface area contributed by atoms with Crippen LogP contribution in [-0.2, 0) is 0 Å². The maximum atomic E-state index is 11.1. The highest BCUT2D eigenvalue weighted by molar-refractivity contribution is 5.65. The summed E-state index contributed by atoms with van der Waals surface area (Å²) in [4.78, 5) is 25.0. The Bertz CT molecular complexity index is 509. The van der Waals surface area contributed by atoms with Crippen molar-refractivity contribution in [3.05, 3.63) is 34.4 Å². The summed E-state index contributed by atoms with van der Waals surface area (Å²) in [6, 6.07) is 6.54. The van der Waals surface area contributed by atoms with E-state index >= 15 is 0 Å². The monoisotopic (exact) mass is 293 g/mol. The SMILES string of the molecule is CCN(C(=O)O)C1CCN(c2ccc([N+](=O)[O-])cc2)CC1. The molecule has 1 N–H and O–H groups in total. The molecule has 1 amide bonds. The van der Waals surface area contributed by atoms with Crippen molar-refractivity contribution in [2.24, 2.45) is 0 Å². The summed E-state index contributed by atoms with van der Waals surface area (Å²) in [5, 5.41) is 19.8. The summed E-state index contributed by atoms with van der Waals surface area (Å²) in [7, 11) is 0. The quantitative estimate of drug-likeness (QED) is 0.681. The number of nitro benzene ring substituents is 1. The van der Waals surface area contributed by atoms with E-state index in [-0.39, 0.29) is 11.7 Å². The summed E-state index contributed by atoms with van der Waals surface area (Å²) in [6.07, 6.45) is 0.681. The number of nitro groups is 1. The zero-order chi connectivity index (χ0) is 15.4.